The molecule has 1 amide bonds. The second-order valence-corrected chi connectivity index (χ2v) is 6.86. The Morgan fingerprint density at radius 2 is 2.04 bits per heavy atom. The van der Waals surface area contributed by atoms with E-state index in [2.05, 4.69) is 47.8 Å². The SMILES string of the molecule is CNc1ccc(C)cc1CN[C@@H]1CC(=O)N(C)[C@H]1c1cnn(C)c1C. The lowest BCUT2D eigenvalue weighted by Crippen LogP contribution is -2.35. The van der Waals surface area contributed by atoms with Crippen molar-refractivity contribution in [2.75, 3.05) is 19.4 Å². The van der Waals surface area contributed by atoms with Crippen LogP contribution in [0.1, 0.15) is 34.8 Å². The molecule has 6 heteroatoms. The molecule has 2 atom stereocenters. The van der Waals surface area contributed by atoms with Gasteiger partial charge >= 0.3 is 0 Å². The number of benzene rings is 1. The molecule has 25 heavy (non-hydrogen) atoms. The average Bonchev–Trinajstić information content (AvgIpc) is 3.06. The van der Waals surface area contributed by atoms with Crippen molar-refractivity contribution >= 4 is 11.6 Å². The maximum absolute atomic E-state index is 12.3. The third-order valence-electron chi connectivity index (χ3n) is 5.26. The standard InChI is InChI=1S/C19H27N5O/c1-12-6-7-16(20-3)14(8-12)10-21-17-9-18(25)23(4)19(17)15-11-22-24(5)13(15)2/h6-8,11,17,19-21H,9-10H2,1-5H3/t17-,19+/m1/s1. The van der Waals surface area contributed by atoms with Crippen LogP contribution in [0.15, 0.2) is 24.4 Å². The molecule has 2 aromatic rings. The summed E-state index contributed by atoms with van der Waals surface area (Å²) in [5.41, 5.74) is 5.78. The van der Waals surface area contributed by atoms with E-state index in [0.29, 0.717) is 6.42 Å². The van der Waals surface area contributed by atoms with Gasteiger partial charge in [0.05, 0.1) is 12.2 Å². The molecule has 1 saturated heterocycles. The van der Waals surface area contributed by atoms with Gasteiger partial charge in [0.25, 0.3) is 0 Å². The molecule has 1 aliphatic rings. The minimum atomic E-state index is 0.0176. The first kappa shape index (κ1) is 17.5. The molecule has 0 spiro atoms. The number of hydrogen-bond donors (Lipinski definition) is 2. The zero-order valence-electron chi connectivity index (χ0n) is 15.6. The van der Waals surface area contributed by atoms with Crippen LogP contribution in [0.2, 0.25) is 0 Å². The summed E-state index contributed by atoms with van der Waals surface area (Å²) in [5.74, 6) is 0.170. The lowest BCUT2D eigenvalue weighted by molar-refractivity contribution is -0.127. The molecule has 0 aliphatic carbocycles. The van der Waals surface area contributed by atoms with Crippen LogP contribution < -0.4 is 10.6 Å². The van der Waals surface area contributed by atoms with E-state index in [1.807, 2.05) is 36.9 Å². The van der Waals surface area contributed by atoms with E-state index >= 15 is 0 Å². The normalized spacial score (nSPS) is 20.4. The predicted octanol–water partition coefficient (Wildman–Crippen LogP) is 2.14. The fraction of sp³-hybridized carbons (Fsp3) is 0.474. The molecule has 1 fully saturated rings. The molecule has 2 N–H and O–H groups in total. The van der Waals surface area contributed by atoms with Gasteiger partial charge in [-0.2, -0.15) is 5.10 Å². The number of carbonyl (C=O) groups excluding carboxylic acids is 1. The number of amides is 1. The van der Waals surface area contributed by atoms with E-state index in [0.717, 1.165) is 23.5 Å². The smallest absolute Gasteiger partial charge is 0.224 e. The highest BCUT2D eigenvalue weighted by Gasteiger charge is 2.39. The molecule has 2 heterocycles. The fourth-order valence-corrected chi connectivity index (χ4v) is 3.64. The number of likely N-dealkylation sites (tertiary alicyclic amines) is 1. The Labute approximate surface area is 149 Å². The second-order valence-electron chi connectivity index (χ2n) is 6.86. The van der Waals surface area contributed by atoms with Crippen molar-refractivity contribution in [1.82, 2.24) is 20.0 Å². The fourth-order valence-electron chi connectivity index (χ4n) is 3.64. The lowest BCUT2D eigenvalue weighted by atomic mass is 10.00. The lowest BCUT2D eigenvalue weighted by Gasteiger charge is -2.26. The third kappa shape index (κ3) is 3.26. The molecule has 6 nitrogen and oxygen atoms in total. The van der Waals surface area contributed by atoms with Gasteiger partial charge in [0, 0.05) is 57.1 Å². The summed E-state index contributed by atoms with van der Waals surface area (Å²) in [7, 11) is 5.75. The molecular formula is C19H27N5O. The first-order valence-corrected chi connectivity index (χ1v) is 8.67. The number of rotatable bonds is 5. The Morgan fingerprint density at radius 1 is 1.28 bits per heavy atom. The Kier molecular flexibility index (Phi) is 4.81. The van der Waals surface area contributed by atoms with Gasteiger partial charge in [-0.15, -0.1) is 0 Å². The van der Waals surface area contributed by atoms with Gasteiger partial charge in [-0.1, -0.05) is 17.7 Å². The summed E-state index contributed by atoms with van der Waals surface area (Å²) in [6, 6.07) is 6.48. The number of carbonyl (C=O) groups is 1. The molecule has 134 valence electrons. The third-order valence-corrected chi connectivity index (χ3v) is 5.26. The first-order chi connectivity index (χ1) is 11.9. The van der Waals surface area contributed by atoms with Crippen LogP contribution in [0, 0.1) is 13.8 Å². The van der Waals surface area contributed by atoms with Crippen LogP contribution >= 0.6 is 0 Å². The molecule has 0 radical (unpaired) electrons. The predicted molar refractivity (Wildman–Crippen MR) is 99.4 cm³/mol. The van der Waals surface area contributed by atoms with Gasteiger partial charge in [0.15, 0.2) is 0 Å². The number of nitrogens with zero attached hydrogens (tertiary/aromatic N) is 3. The zero-order chi connectivity index (χ0) is 18.1. The van der Waals surface area contributed by atoms with E-state index in [9.17, 15) is 4.79 Å². The highest BCUT2D eigenvalue weighted by atomic mass is 16.2. The maximum atomic E-state index is 12.3. The van der Waals surface area contributed by atoms with Crippen molar-refractivity contribution in [2.45, 2.75) is 38.9 Å². The number of anilines is 1. The highest BCUT2D eigenvalue weighted by Crippen LogP contribution is 2.33. The van der Waals surface area contributed by atoms with E-state index in [4.69, 9.17) is 0 Å². The second kappa shape index (κ2) is 6.88. The van der Waals surface area contributed by atoms with Crippen molar-refractivity contribution in [1.29, 1.82) is 0 Å². The minimum Gasteiger partial charge on any atom is -0.388 e. The summed E-state index contributed by atoms with van der Waals surface area (Å²) in [5, 5.41) is 11.2. The maximum Gasteiger partial charge on any atom is 0.224 e. The Bertz CT molecular complexity index is 782. The molecule has 0 bridgehead atoms. The van der Waals surface area contributed by atoms with Crippen molar-refractivity contribution in [3.8, 4) is 0 Å². The summed E-state index contributed by atoms with van der Waals surface area (Å²) >= 11 is 0. The van der Waals surface area contributed by atoms with E-state index < -0.39 is 0 Å². The minimum absolute atomic E-state index is 0.0176. The van der Waals surface area contributed by atoms with Crippen LogP contribution in [-0.2, 0) is 18.4 Å². The molecule has 0 unspecified atom stereocenters. The monoisotopic (exact) mass is 341 g/mol. The molecule has 1 aromatic carbocycles. The highest BCUT2D eigenvalue weighted by molar-refractivity contribution is 5.80. The Balaban J connectivity index is 1.82. The molecule has 0 saturated carbocycles. The van der Waals surface area contributed by atoms with Gasteiger partial charge in [-0.3, -0.25) is 9.48 Å². The Hall–Kier alpha value is -2.34. The number of hydrogen-bond acceptors (Lipinski definition) is 4. The van der Waals surface area contributed by atoms with E-state index in [1.165, 1.54) is 11.1 Å². The van der Waals surface area contributed by atoms with E-state index in [1.54, 1.807) is 0 Å². The topological polar surface area (TPSA) is 62.2 Å². The molecule has 1 aromatic heterocycles. The van der Waals surface area contributed by atoms with Crippen molar-refractivity contribution in [2.24, 2.45) is 7.05 Å². The van der Waals surface area contributed by atoms with Gasteiger partial charge in [-0.25, -0.2) is 0 Å². The van der Waals surface area contributed by atoms with E-state index in [-0.39, 0.29) is 18.0 Å². The summed E-state index contributed by atoms with van der Waals surface area (Å²) < 4.78 is 1.86. The molecule has 1 aliphatic heterocycles. The molecule has 3 rings (SSSR count). The number of aromatic nitrogens is 2. The number of likely N-dealkylation sites (N-methyl/N-ethyl adjacent to an activating group) is 1. The summed E-state index contributed by atoms with van der Waals surface area (Å²) in [6.45, 7) is 4.87. The number of nitrogens with one attached hydrogen (secondary N) is 2. The van der Waals surface area contributed by atoms with Crippen molar-refractivity contribution < 1.29 is 4.79 Å². The molecular weight excluding hydrogens is 314 g/mol. The average molecular weight is 341 g/mol. The van der Waals surface area contributed by atoms with Crippen LogP contribution in [-0.4, -0.2) is 40.7 Å². The van der Waals surface area contributed by atoms with Gasteiger partial charge < -0.3 is 15.5 Å². The van der Waals surface area contributed by atoms with Crippen LogP contribution in [0.25, 0.3) is 0 Å². The largest absolute Gasteiger partial charge is 0.388 e. The van der Waals surface area contributed by atoms with Crippen molar-refractivity contribution in [3.63, 3.8) is 0 Å². The zero-order valence-corrected chi connectivity index (χ0v) is 15.6. The van der Waals surface area contributed by atoms with Crippen LogP contribution in [0.5, 0.6) is 0 Å². The van der Waals surface area contributed by atoms with Crippen molar-refractivity contribution in [3.05, 3.63) is 46.8 Å². The first-order valence-electron chi connectivity index (χ1n) is 8.67. The quantitative estimate of drug-likeness (QED) is 0.875. The number of aryl methyl sites for hydroxylation is 2. The van der Waals surface area contributed by atoms with Crippen LogP contribution in [0.3, 0.4) is 0 Å². The van der Waals surface area contributed by atoms with Gasteiger partial charge in [0.2, 0.25) is 5.91 Å². The summed E-state index contributed by atoms with van der Waals surface area (Å²) in [4.78, 5) is 14.2. The van der Waals surface area contributed by atoms with Gasteiger partial charge in [0.1, 0.15) is 0 Å². The van der Waals surface area contributed by atoms with Gasteiger partial charge in [-0.05, 0) is 25.5 Å². The van der Waals surface area contributed by atoms with Crippen LogP contribution in [0.4, 0.5) is 5.69 Å². The Morgan fingerprint density at radius 3 is 2.68 bits per heavy atom. The summed E-state index contributed by atoms with van der Waals surface area (Å²) in [6.07, 6.45) is 2.39.